The maximum atomic E-state index is 10.5. The largest absolute Gasteiger partial charge is 0.314 e. The average molecular weight is 156 g/mol. The number of piperazine rings is 1. The second kappa shape index (κ2) is 3.69. The molecule has 11 heavy (non-hydrogen) atoms. The summed E-state index contributed by atoms with van der Waals surface area (Å²) in [7, 11) is 0. The van der Waals surface area contributed by atoms with Crippen molar-refractivity contribution in [1.29, 1.82) is 0 Å². The van der Waals surface area contributed by atoms with Gasteiger partial charge in [-0.2, -0.15) is 0 Å². The standard InChI is InChI=1S/C7H14N3O/c1-6-4-9-2-3-10(6)5-7(8)11/h6,8-9H,2-5H2,1H3. The van der Waals surface area contributed by atoms with E-state index in [0.29, 0.717) is 6.04 Å². The fourth-order valence-corrected chi connectivity index (χ4v) is 1.30. The van der Waals surface area contributed by atoms with Gasteiger partial charge in [0.1, 0.15) is 0 Å². The molecule has 63 valence electrons. The lowest BCUT2D eigenvalue weighted by atomic mass is 10.2. The summed E-state index contributed by atoms with van der Waals surface area (Å²) in [4.78, 5) is 12.5. The number of rotatable bonds is 2. The maximum Gasteiger partial charge on any atom is 0.252 e. The summed E-state index contributed by atoms with van der Waals surface area (Å²) in [5.74, 6) is -0.487. The van der Waals surface area contributed by atoms with E-state index in [4.69, 9.17) is 5.73 Å². The van der Waals surface area contributed by atoms with Gasteiger partial charge in [0.25, 0.3) is 5.91 Å². The molecule has 0 aromatic heterocycles. The van der Waals surface area contributed by atoms with Crippen LogP contribution in [0.3, 0.4) is 0 Å². The minimum atomic E-state index is -0.487. The van der Waals surface area contributed by atoms with E-state index in [9.17, 15) is 4.79 Å². The molecule has 0 aromatic rings. The highest BCUT2D eigenvalue weighted by Gasteiger charge is 2.18. The number of hydrogen-bond acceptors (Lipinski definition) is 3. The van der Waals surface area contributed by atoms with E-state index in [1.165, 1.54) is 0 Å². The molecule has 1 atom stereocenters. The highest BCUT2D eigenvalue weighted by molar-refractivity contribution is 5.75. The van der Waals surface area contributed by atoms with Gasteiger partial charge >= 0.3 is 0 Å². The van der Waals surface area contributed by atoms with Crippen molar-refractivity contribution in [3.8, 4) is 0 Å². The molecule has 2 N–H and O–H groups in total. The number of nitrogens with one attached hydrogen (secondary N) is 2. The normalized spacial score (nSPS) is 26.8. The van der Waals surface area contributed by atoms with Crippen LogP contribution < -0.4 is 11.1 Å². The van der Waals surface area contributed by atoms with Crippen LogP contribution >= 0.6 is 0 Å². The molecule has 4 heteroatoms. The summed E-state index contributed by atoms with van der Waals surface area (Å²) in [5.41, 5.74) is 6.80. The molecule has 0 bridgehead atoms. The molecule has 1 rings (SSSR count). The predicted molar refractivity (Wildman–Crippen MR) is 42.0 cm³/mol. The van der Waals surface area contributed by atoms with E-state index in [1.807, 2.05) is 4.90 Å². The van der Waals surface area contributed by atoms with Crippen molar-refractivity contribution in [2.75, 3.05) is 26.2 Å². The topological polar surface area (TPSA) is 56.1 Å². The molecule has 4 nitrogen and oxygen atoms in total. The lowest BCUT2D eigenvalue weighted by Gasteiger charge is -2.32. The zero-order valence-electron chi connectivity index (χ0n) is 6.76. The van der Waals surface area contributed by atoms with Gasteiger partial charge in [-0.1, -0.05) is 0 Å². The number of nitrogens with zero attached hydrogens (tertiary/aromatic N) is 1. The molecule has 0 aliphatic carbocycles. The van der Waals surface area contributed by atoms with E-state index in [0.717, 1.165) is 19.6 Å². The number of amides is 1. The Hall–Kier alpha value is -0.610. The van der Waals surface area contributed by atoms with Gasteiger partial charge in [-0.3, -0.25) is 15.4 Å². The van der Waals surface area contributed by atoms with Gasteiger partial charge in [-0.25, -0.2) is 0 Å². The Morgan fingerprint density at radius 3 is 3.09 bits per heavy atom. The van der Waals surface area contributed by atoms with E-state index in [1.54, 1.807) is 0 Å². The summed E-state index contributed by atoms with van der Waals surface area (Å²) in [5, 5.41) is 3.22. The zero-order chi connectivity index (χ0) is 8.27. The van der Waals surface area contributed by atoms with Crippen molar-refractivity contribution in [3.05, 3.63) is 0 Å². The highest BCUT2D eigenvalue weighted by Crippen LogP contribution is 2.00. The smallest absolute Gasteiger partial charge is 0.252 e. The SMILES string of the molecule is CC1CNCCN1CC([NH])=O. The lowest BCUT2D eigenvalue weighted by molar-refractivity contribution is -0.120. The lowest BCUT2D eigenvalue weighted by Crippen LogP contribution is -2.51. The van der Waals surface area contributed by atoms with Crippen molar-refractivity contribution >= 4 is 5.91 Å². The molecule has 1 heterocycles. The Labute approximate surface area is 66.7 Å². The number of hydrogen-bond donors (Lipinski definition) is 1. The second-order valence-corrected chi connectivity index (χ2v) is 2.95. The molecule has 1 aliphatic heterocycles. The first-order valence-electron chi connectivity index (χ1n) is 3.89. The summed E-state index contributed by atoms with van der Waals surface area (Å²) >= 11 is 0. The average Bonchev–Trinajstić information content (AvgIpc) is 1.93. The van der Waals surface area contributed by atoms with Crippen LogP contribution in [-0.4, -0.2) is 43.0 Å². The molecular formula is C7H14N3O. The maximum absolute atomic E-state index is 10.5. The van der Waals surface area contributed by atoms with E-state index in [2.05, 4.69) is 12.2 Å². The fourth-order valence-electron chi connectivity index (χ4n) is 1.30. The Kier molecular flexibility index (Phi) is 2.84. The first-order chi connectivity index (χ1) is 5.20. The van der Waals surface area contributed by atoms with Gasteiger partial charge in [0.2, 0.25) is 0 Å². The molecule has 1 amide bonds. The van der Waals surface area contributed by atoms with Crippen LogP contribution in [0.4, 0.5) is 0 Å². The third-order valence-electron chi connectivity index (χ3n) is 1.99. The third-order valence-corrected chi connectivity index (χ3v) is 1.99. The monoisotopic (exact) mass is 156 g/mol. The van der Waals surface area contributed by atoms with Crippen molar-refractivity contribution in [1.82, 2.24) is 16.0 Å². The quantitative estimate of drug-likeness (QED) is 0.563. The van der Waals surface area contributed by atoms with Crippen molar-refractivity contribution in [2.24, 2.45) is 0 Å². The van der Waals surface area contributed by atoms with E-state index >= 15 is 0 Å². The van der Waals surface area contributed by atoms with Gasteiger partial charge in [-0.05, 0) is 6.92 Å². The predicted octanol–water partition coefficient (Wildman–Crippen LogP) is -0.910. The van der Waals surface area contributed by atoms with Crippen LogP contribution in [0.25, 0.3) is 0 Å². The molecular weight excluding hydrogens is 142 g/mol. The van der Waals surface area contributed by atoms with Crippen LogP contribution in [0, 0.1) is 0 Å². The molecule has 0 spiro atoms. The van der Waals surface area contributed by atoms with Crippen LogP contribution in [0.5, 0.6) is 0 Å². The molecule has 1 unspecified atom stereocenters. The van der Waals surface area contributed by atoms with Gasteiger partial charge in [0.05, 0.1) is 6.54 Å². The van der Waals surface area contributed by atoms with Crippen molar-refractivity contribution < 1.29 is 4.79 Å². The Morgan fingerprint density at radius 1 is 1.82 bits per heavy atom. The van der Waals surface area contributed by atoms with Gasteiger partial charge in [0.15, 0.2) is 0 Å². The highest BCUT2D eigenvalue weighted by atomic mass is 16.1. The van der Waals surface area contributed by atoms with Crippen LogP contribution in [0.2, 0.25) is 0 Å². The fraction of sp³-hybridized carbons (Fsp3) is 0.857. The first kappa shape index (κ1) is 8.49. The Balaban J connectivity index is 2.35. The molecule has 1 fully saturated rings. The third kappa shape index (κ3) is 2.48. The second-order valence-electron chi connectivity index (χ2n) is 2.95. The number of carbonyl (C=O) groups excluding carboxylic acids is 1. The van der Waals surface area contributed by atoms with Crippen LogP contribution in [0.15, 0.2) is 0 Å². The minimum absolute atomic E-state index is 0.281. The minimum Gasteiger partial charge on any atom is -0.314 e. The van der Waals surface area contributed by atoms with Gasteiger partial charge in [-0.15, -0.1) is 0 Å². The van der Waals surface area contributed by atoms with Crippen molar-refractivity contribution in [2.45, 2.75) is 13.0 Å². The molecule has 0 saturated carbocycles. The molecule has 1 saturated heterocycles. The van der Waals surface area contributed by atoms with E-state index in [-0.39, 0.29) is 6.54 Å². The summed E-state index contributed by atoms with van der Waals surface area (Å²) in [6.45, 7) is 5.08. The zero-order valence-corrected chi connectivity index (χ0v) is 6.76. The van der Waals surface area contributed by atoms with E-state index < -0.39 is 5.91 Å². The van der Waals surface area contributed by atoms with Gasteiger partial charge in [0, 0.05) is 25.7 Å². The number of carbonyl (C=O) groups is 1. The molecule has 1 aliphatic rings. The summed E-state index contributed by atoms with van der Waals surface area (Å²) < 4.78 is 0. The summed E-state index contributed by atoms with van der Waals surface area (Å²) in [6, 6.07) is 0.387. The van der Waals surface area contributed by atoms with Crippen LogP contribution in [0.1, 0.15) is 6.92 Å². The van der Waals surface area contributed by atoms with Crippen LogP contribution in [-0.2, 0) is 4.79 Å². The Morgan fingerprint density at radius 2 is 2.55 bits per heavy atom. The summed E-state index contributed by atoms with van der Waals surface area (Å²) in [6.07, 6.45) is 0. The van der Waals surface area contributed by atoms with Gasteiger partial charge < -0.3 is 5.32 Å². The molecule has 1 radical (unpaired) electrons. The van der Waals surface area contributed by atoms with Crippen molar-refractivity contribution in [3.63, 3.8) is 0 Å². The Bertz CT molecular complexity index is 149. The molecule has 0 aromatic carbocycles. The first-order valence-corrected chi connectivity index (χ1v) is 3.89.